The minimum Gasteiger partial charge on any atom is -0.301 e. The predicted octanol–water partition coefficient (Wildman–Crippen LogP) is 3.52. The second-order valence-electron chi connectivity index (χ2n) is 4.68. The predicted molar refractivity (Wildman–Crippen MR) is 77.9 cm³/mol. The second kappa shape index (κ2) is 6.66. The van der Waals surface area contributed by atoms with E-state index in [9.17, 15) is 0 Å². The van der Waals surface area contributed by atoms with Crippen molar-refractivity contribution in [3.05, 3.63) is 52.0 Å². The Hall–Kier alpha value is -1.19. The molecule has 0 saturated heterocycles. The van der Waals surface area contributed by atoms with E-state index in [1.807, 2.05) is 0 Å². The van der Waals surface area contributed by atoms with Gasteiger partial charge in [0.25, 0.3) is 0 Å². The molecule has 2 aromatic rings. The molecule has 0 fully saturated rings. The summed E-state index contributed by atoms with van der Waals surface area (Å²) in [6, 6.07) is 10.7. The summed E-state index contributed by atoms with van der Waals surface area (Å²) in [5.74, 6) is 0. The van der Waals surface area contributed by atoms with E-state index in [-0.39, 0.29) is 0 Å². The number of rotatable bonds is 6. The fourth-order valence-corrected chi connectivity index (χ4v) is 2.64. The largest absolute Gasteiger partial charge is 0.301 e. The summed E-state index contributed by atoms with van der Waals surface area (Å²) in [6.07, 6.45) is 2.35. The highest BCUT2D eigenvalue weighted by atomic mass is 32.1. The van der Waals surface area contributed by atoms with Gasteiger partial charge in [-0.2, -0.15) is 0 Å². The van der Waals surface area contributed by atoms with Crippen molar-refractivity contribution in [3.8, 4) is 0 Å². The molecule has 96 valence electrons. The Balaban J connectivity index is 1.70. The summed E-state index contributed by atoms with van der Waals surface area (Å²) in [5.41, 5.74) is 2.62. The number of hydrogen-bond acceptors (Lipinski definition) is 3. The van der Waals surface area contributed by atoms with Gasteiger partial charge in [-0.3, -0.25) is 0 Å². The molecular formula is C15H20N2S. The molecule has 0 spiro atoms. The molecule has 0 saturated carbocycles. The lowest BCUT2D eigenvalue weighted by Gasteiger charge is -2.14. The molecule has 2 rings (SSSR count). The molecule has 2 nitrogen and oxygen atoms in total. The number of nitrogens with zero attached hydrogens (tertiary/aromatic N) is 2. The number of aryl methyl sites for hydroxylation is 2. The fourth-order valence-electron chi connectivity index (χ4n) is 2.03. The summed E-state index contributed by atoms with van der Waals surface area (Å²) in [6.45, 7) is 4.13. The molecule has 0 amide bonds. The Morgan fingerprint density at radius 1 is 1.22 bits per heavy atom. The summed E-state index contributed by atoms with van der Waals surface area (Å²) in [4.78, 5) is 6.84. The first-order valence-electron chi connectivity index (χ1n) is 6.37. The molecule has 18 heavy (non-hydrogen) atoms. The highest BCUT2D eigenvalue weighted by Crippen LogP contribution is 2.10. The molecule has 0 N–H and O–H groups in total. The molecule has 0 bridgehead atoms. The Morgan fingerprint density at radius 3 is 2.67 bits per heavy atom. The zero-order valence-electron chi connectivity index (χ0n) is 11.1. The third-order valence-electron chi connectivity index (χ3n) is 2.95. The van der Waals surface area contributed by atoms with Crippen LogP contribution in [-0.2, 0) is 13.0 Å². The van der Waals surface area contributed by atoms with Crippen molar-refractivity contribution < 1.29 is 0 Å². The molecule has 0 aliphatic heterocycles. The van der Waals surface area contributed by atoms with Gasteiger partial charge in [0.1, 0.15) is 0 Å². The highest BCUT2D eigenvalue weighted by Gasteiger charge is 2.03. The maximum atomic E-state index is 4.49. The van der Waals surface area contributed by atoms with Gasteiger partial charge in [0, 0.05) is 11.9 Å². The van der Waals surface area contributed by atoms with Crippen LogP contribution in [0.25, 0.3) is 0 Å². The Kier molecular flexibility index (Phi) is 4.90. The first-order chi connectivity index (χ1) is 8.74. The van der Waals surface area contributed by atoms with Crippen molar-refractivity contribution in [2.75, 3.05) is 13.6 Å². The van der Waals surface area contributed by atoms with Crippen LogP contribution in [0.2, 0.25) is 0 Å². The average molecular weight is 260 g/mol. The van der Waals surface area contributed by atoms with Gasteiger partial charge in [0.05, 0.1) is 10.7 Å². The summed E-state index contributed by atoms with van der Waals surface area (Å²) >= 11 is 1.73. The van der Waals surface area contributed by atoms with E-state index in [0.29, 0.717) is 0 Å². The number of thiazole rings is 1. The highest BCUT2D eigenvalue weighted by molar-refractivity contribution is 7.09. The topological polar surface area (TPSA) is 16.1 Å². The quantitative estimate of drug-likeness (QED) is 0.790. The van der Waals surface area contributed by atoms with E-state index in [1.165, 1.54) is 17.7 Å². The van der Waals surface area contributed by atoms with Crippen LogP contribution in [-0.4, -0.2) is 23.5 Å². The molecule has 1 aromatic carbocycles. The van der Waals surface area contributed by atoms with Crippen LogP contribution in [0.1, 0.15) is 22.7 Å². The van der Waals surface area contributed by atoms with E-state index < -0.39 is 0 Å². The summed E-state index contributed by atoms with van der Waals surface area (Å²) in [5, 5.41) is 3.31. The Labute approximate surface area is 113 Å². The average Bonchev–Trinajstić information content (AvgIpc) is 2.76. The third kappa shape index (κ3) is 4.24. The smallest absolute Gasteiger partial charge is 0.0897 e. The molecule has 0 atom stereocenters. The van der Waals surface area contributed by atoms with Gasteiger partial charge < -0.3 is 4.90 Å². The monoisotopic (exact) mass is 260 g/mol. The minimum atomic E-state index is 0.957. The number of benzene rings is 1. The van der Waals surface area contributed by atoms with Crippen molar-refractivity contribution in [1.82, 2.24) is 9.88 Å². The fraction of sp³-hybridized carbons (Fsp3) is 0.400. The Bertz CT molecular complexity index is 464. The molecular weight excluding hydrogens is 240 g/mol. The lowest BCUT2D eigenvalue weighted by molar-refractivity contribution is 0.319. The maximum absolute atomic E-state index is 4.49. The van der Waals surface area contributed by atoms with Gasteiger partial charge >= 0.3 is 0 Å². The van der Waals surface area contributed by atoms with Crippen LogP contribution in [0.3, 0.4) is 0 Å². The molecule has 0 aliphatic rings. The lowest BCUT2D eigenvalue weighted by Crippen LogP contribution is -2.19. The van der Waals surface area contributed by atoms with Crippen molar-refractivity contribution in [2.45, 2.75) is 26.3 Å². The normalized spacial score (nSPS) is 11.1. The standard InChI is InChI=1S/C15H20N2S/c1-13-16-15(12-18-13)11-17(2)10-6-9-14-7-4-3-5-8-14/h3-5,7-8,12H,6,9-11H2,1-2H3. The second-order valence-corrected chi connectivity index (χ2v) is 5.75. The lowest BCUT2D eigenvalue weighted by atomic mass is 10.1. The van der Waals surface area contributed by atoms with Crippen molar-refractivity contribution in [1.29, 1.82) is 0 Å². The van der Waals surface area contributed by atoms with Gasteiger partial charge in [-0.05, 0) is 38.9 Å². The summed E-state index contributed by atoms with van der Waals surface area (Å²) < 4.78 is 0. The van der Waals surface area contributed by atoms with Crippen LogP contribution in [0, 0.1) is 6.92 Å². The van der Waals surface area contributed by atoms with Gasteiger partial charge in [0.2, 0.25) is 0 Å². The van der Waals surface area contributed by atoms with Crippen LogP contribution in [0.15, 0.2) is 35.7 Å². The van der Waals surface area contributed by atoms with E-state index >= 15 is 0 Å². The van der Waals surface area contributed by atoms with Crippen molar-refractivity contribution >= 4 is 11.3 Å². The third-order valence-corrected chi connectivity index (χ3v) is 3.77. The first kappa shape index (κ1) is 13.2. The summed E-state index contributed by atoms with van der Waals surface area (Å²) in [7, 11) is 2.17. The molecule has 1 aromatic heterocycles. The van der Waals surface area contributed by atoms with Gasteiger partial charge in [-0.15, -0.1) is 11.3 Å². The van der Waals surface area contributed by atoms with Gasteiger partial charge in [-0.25, -0.2) is 4.98 Å². The van der Waals surface area contributed by atoms with Crippen LogP contribution < -0.4 is 0 Å². The van der Waals surface area contributed by atoms with E-state index in [0.717, 1.165) is 24.5 Å². The van der Waals surface area contributed by atoms with Gasteiger partial charge in [-0.1, -0.05) is 30.3 Å². The molecule has 0 aliphatic carbocycles. The van der Waals surface area contributed by atoms with Crippen LogP contribution >= 0.6 is 11.3 Å². The van der Waals surface area contributed by atoms with Crippen LogP contribution in [0.4, 0.5) is 0 Å². The maximum Gasteiger partial charge on any atom is 0.0897 e. The first-order valence-corrected chi connectivity index (χ1v) is 7.25. The molecule has 0 radical (unpaired) electrons. The minimum absolute atomic E-state index is 0.957. The van der Waals surface area contributed by atoms with Crippen molar-refractivity contribution in [3.63, 3.8) is 0 Å². The number of hydrogen-bond donors (Lipinski definition) is 0. The molecule has 3 heteroatoms. The number of aromatic nitrogens is 1. The van der Waals surface area contributed by atoms with E-state index in [2.05, 4.69) is 59.6 Å². The van der Waals surface area contributed by atoms with E-state index in [1.54, 1.807) is 11.3 Å². The van der Waals surface area contributed by atoms with E-state index in [4.69, 9.17) is 0 Å². The molecule has 0 unspecified atom stereocenters. The molecule has 1 heterocycles. The SMILES string of the molecule is Cc1nc(CN(C)CCCc2ccccc2)cs1. The zero-order chi connectivity index (χ0) is 12.8. The van der Waals surface area contributed by atoms with Crippen LogP contribution in [0.5, 0.6) is 0 Å². The van der Waals surface area contributed by atoms with Gasteiger partial charge in [0.15, 0.2) is 0 Å². The zero-order valence-corrected chi connectivity index (χ0v) is 11.9. The van der Waals surface area contributed by atoms with Crippen molar-refractivity contribution in [2.24, 2.45) is 0 Å². The Morgan fingerprint density at radius 2 is 2.00 bits per heavy atom.